The molecule has 1 aliphatic heterocycles. The molecular weight excluding hydrogens is 606 g/mol. The fourth-order valence-electron chi connectivity index (χ4n) is 5.18. The molecular formula is C33H49N7O7. The normalized spacial score (nSPS) is 16.2. The summed E-state index contributed by atoms with van der Waals surface area (Å²) < 4.78 is 5.63. The average Bonchev–Trinajstić information content (AvgIpc) is 3.70. The number of Topliss-reactive ketones (excluding diaryl/α,β-unsaturated/α-hetero) is 1. The van der Waals surface area contributed by atoms with Crippen molar-refractivity contribution >= 4 is 29.4 Å². The molecule has 1 aliphatic rings. The van der Waals surface area contributed by atoms with E-state index in [0.29, 0.717) is 51.1 Å². The van der Waals surface area contributed by atoms with Gasteiger partial charge in [0.05, 0.1) is 12.2 Å². The van der Waals surface area contributed by atoms with Crippen LogP contribution in [0.15, 0.2) is 22.7 Å². The van der Waals surface area contributed by atoms with Crippen molar-refractivity contribution in [3.63, 3.8) is 0 Å². The third kappa shape index (κ3) is 10.3. The third-order valence-electron chi connectivity index (χ3n) is 7.96. The van der Waals surface area contributed by atoms with Crippen LogP contribution in [0.1, 0.15) is 114 Å². The summed E-state index contributed by atoms with van der Waals surface area (Å²) in [7, 11) is 0. The maximum atomic E-state index is 13.7. The molecule has 2 aromatic rings. The lowest BCUT2D eigenvalue weighted by Gasteiger charge is -2.31. The Kier molecular flexibility index (Phi) is 13.0. The summed E-state index contributed by atoms with van der Waals surface area (Å²) in [5.74, 6) is -2.27. The zero-order valence-electron chi connectivity index (χ0n) is 28.5. The molecule has 0 aliphatic carbocycles. The van der Waals surface area contributed by atoms with Gasteiger partial charge in [-0.15, -0.1) is 10.2 Å². The van der Waals surface area contributed by atoms with E-state index < -0.39 is 35.2 Å². The standard InChI is InChI=1S/C33H49N7O7/c1-19(2)25(27(43)30-38-39-32(47-30)33(5,6)7)37-29(45)23-12-11-17-40(23)31(46)26(20(3)4)36-24(42)13-9-8-10-16-34-28(44)22-15-14-21(41)18-35-22/h14-15,18-20,23,25-26,41H,8-13,16-17H2,1-7H3,(H,34,44)(H,36,42)(H,37,45)/t23-,25+,26+/m1/s1. The van der Waals surface area contributed by atoms with Gasteiger partial charge in [0.2, 0.25) is 29.4 Å². The van der Waals surface area contributed by atoms with E-state index in [4.69, 9.17) is 4.42 Å². The Morgan fingerprint density at radius 2 is 1.68 bits per heavy atom. The second-order valence-electron chi connectivity index (χ2n) is 13.7. The number of amides is 4. The van der Waals surface area contributed by atoms with Crippen LogP contribution in [0, 0.1) is 11.8 Å². The Hall–Kier alpha value is -4.36. The van der Waals surface area contributed by atoms with E-state index in [-0.39, 0.29) is 53.3 Å². The minimum absolute atomic E-state index is 0.0210. The van der Waals surface area contributed by atoms with E-state index in [1.807, 2.05) is 34.6 Å². The predicted molar refractivity (Wildman–Crippen MR) is 172 cm³/mol. The van der Waals surface area contributed by atoms with Crippen molar-refractivity contribution in [2.24, 2.45) is 11.8 Å². The van der Waals surface area contributed by atoms with Crippen LogP contribution >= 0.6 is 0 Å². The van der Waals surface area contributed by atoms with Crippen molar-refractivity contribution in [3.05, 3.63) is 35.8 Å². The second-order valence-corrected chi connectivity index (χ2v) is 13.7. The first-order valence-electron chi connectivity index (χ1n) is 16.3. The summed E-state index contributed by atoms with van der Waals surface area (Å²) in [5, 5.41) is 25.6. The van der Waals surface area contributed by atoms with Gasteiger partial charge < -0.3 is 30.4 Å². The molecule has 0 unspecified atom stereocenters. The summed E-state index contributed by atoms with van der Waals surface area (Å²) in [6.45, 7) is 13.7. The molecule has 0 saturated carbocycles. The summed E-state index contributed by atoms with van der Waals surface area (Å²) in [4.78, 5) is 70.8. The van der Waals surface area contributed by atoms with E-state index in [1.54, 1.807) is 13.8 Å². The van der Waals surface area contributed by atoms with Crippen molar-refractivity contribution in [2.75, 3.05) is 13.1 Å². The Balaban J connectivity index is 1.51. The first-order valence-corrected chi connectivity index (χ1v) is 16.3. The van der Waals surface area contributed by atoms with Crippen LogP contribution in [0.3, 0.4) is 0 Å². The lowest BCUT2D eigenvalue weighted by Crippen LogP contribution is -2.57. The fourth-order valence-corrected chi connectivity index (χ4v) is 5.18. The van der Waals surface area contributed by atoms with Gasteiger partial charge in [0, 0.05) is 24.9 Å². The Morgan fingerprint density at radius 1 is 0.979 bits per heavy atom. The van der Waals surface area contributed by atoms with Crippen LogP contribution in [0.2, 0.25) is 0 Å². The fraction of sp³-hybridized carbons (Fsp3) is 0.636. The molecule has 0 bridgehead atoms. The summed E-state index contributed by atoms with van der Waals surface area (Å²) >= 11 is 0. The van der Waals surface area contributed by atoms with Crippen LogP contribution in [-0.4, -0.2) is 85.8 Å². The van der Waals surface area contributed by atoms with Gasteiger partial charge in [-0.1, -0.05) is 54.9 Å². The number of carbonyl (C=O) groups excluding carboxylic acids is 5. The number of carbonyl (C=O) groups is 5. The van der Waals surface area contributed by atoms with Crippen LogP contribution < -0.4 is 16.0 Å². The van der Waals surface area contributed by atoms with Gasteiger partial charge in [0.25, 0.3) is 11.8 Å². The molecule has 258 valence electrons. The summed E-state index contributed by atoms with van der Waals surface area (Å²) in [5.41, 5.74) is -0.237. The SMILES string of the molecule is CC(C)[C@H](NC(=O)[C@H]1CCCN1C(=O)[C@@H](NC(=O)CCCCCNC(=O)c1ccc(O)cn1)C(C)C)C(=O)c1nnc(C(C)(C)C)o1. The first-order chi connectivity index (χ1) is 22.1. The average molecular weight is 656 g/mol. The number of nitrogens with zero attached hydrogens (tertiary/aromatic N) is 4. The number of unbranched alkanes of at least 4 members (excludes halogenated alkanes) is 2. The van der Waals surface area contributed by atoms with E-state index in [2.05, 4.69) is 31.1 Å². The highest BCUT2D eigenvalue weighted by Crippen LogP contribution is 2.23. The largest absolute Gasteiger partial charge is 0.506 e. The first kappa shape index (κ1) is 37.1. The molecule has 3 rings (SSSR count). The van der Waals surface area contributed by atoms with Crippen molar-refractivity contribution < 1.29 is 33.5 Å². The molecule has 3 atom stereocenters. The topological polar surface area (TPSA) is 197 Å². The predicted octanol–water partition coefficient (Wildman–Crippen LogP) is 2.91. The monoisotopic (exact) mass is 655 g/mol. The molecule has 4 amide bonds. The number of likely N-dealkylation sites (tertiary alicyclic amines) is 1. The molecule has 14 nitrogen and oxygen atoms in total. The lowest BCUT2D eigenvalue weighted by atomic mass is 9.97. The Bertz CT molecular complexity index is 1400. The van der Waals surface area contributed by atoms with Crippen molar-refractivity contribution in [2.45, 2.75) is 111 Å². The van der Waals surface area contributed by atoms with Crippen molar-refractivity contribution in [3.8, 4) is 5.75 Å². The zero-order valence-corrected chi connectivity index (χ0v) is 28.5. The lowest BCUT2D eigenvalue weighted by molar-refractivity contribution is -0.142. The number of ketones is 1. The number of hydrogen-bond acceptors (Lipinski definition) is 10. The van der Waals surface area contributed by atoms with Crippen LogP contribution in [-0.2, 0) is 19.8 Å². The molecule has 0 radical (unpaired) electrons. The molecule has 1 fully saturated rings. The van der Waals surface area contributed by atoms with Gasteiger partial charge in [0.1, 0.15) is 23.5 Å². The molecule has 0 aromatic carbocycles. The van der Waals surface area contributed by atoms with Gasteiger partial charge in [-0.2, -0.15) is 0 Å². The van der Waals surface area contributed by atoms with Crippen LogP contribution in [0.4, 0.5) is 0 Å². The molecule has 2 aromatic heterocycles. The van der Waals surface area contributed by atoms with E-state index >= 15 is 0 Å². The third-order valence-corrected chi connectivity index (χ3v) is 7.96. The Morgan fingerprint density at radius 3 is 2.28 bits per heavy atom. The minimum Gasteiger partial charge on any atom is -0.506 e. The zero-order chi connectivity index (χ0) is 34.9. The van der Waals surface area contributed by atoms with Gasteiger partial charge in [-0.3, -0.25) is 24.0 Å². The minimum atomic E-state index is -0.924. The van der Waals surface area contributed by atoms with Gasteiger partial charge in [-0.05, 0) is 49.7 Å². The number of aromatic hydroxyl groups is 1. The molecule has 47 heavy (non-hydrogen) atoms. The maximum absolute atomic E-state index is 13.7. The summed E-state index contributed by atoms with van der Waals surface area (Å²) in [6.07, 6.45) is 4.35. The van der Waals surface area contributed by atoms with Gasteiger partial charge in [-0.25, -0.2) is 4.98 Å². The van der Waals surface area contributed by atoms with Crippen LogP contribution in [0.5, 0.6) is 5.75 Å². The second kappa shape index (κ2) is 16.5. The van der Waals surface area contributed by atoms with Crippen molar-refractivity contribution in [1.82, 2.24) is 36.0 Å². The Labute approximate surface area is 275 Å². The number of nitrogens with one attached hydrogen (secondary N) is 3. The maximum Gasteiger partial charge on any atom is 0.286 e. The highest BCUT2D eigenvalue weighted by molar-refractivity contribution is 6.00. The quantitative estimate of drug-likeness (QED) is 0.164. The van der Waals surface area contributed by atoms with E-state index in [0.717, 1.165) is 0 Å². The molecule has 0 spiro atoms. The molecule has 14 heteroatoms. The number of pyridine rings is 1. The molecule has 3 heterocycles. The summed E-state index contributed by atoms with van der Waals surface area (Å²) in [6, 6.07) is 0.300. The van der Waals surface area contributed by atoms with Gasteiger partial charge in [0.15, 0.2) is 0 Å². The highest BCUT2D eigenvalue weighted by Gasteiger charge is 2.40. The number of rotatable bonds is 15. The van der Waals surface area contributed by atoms with Gasteiger partial charge >= 0.3 is 0 Å². The number of aromatic nitrogens is 3. The number of hydrogen-bond donors (Lipinski definition) is 4. The van der Waals surface area contributed by atoms with Crippen LogP contribution in [0.25, 0.3) is 0 Å². The highest BCUT2D eigenvalue weighted by atomic mass is 16.4. The smallest absolute Gasteiger partial charge is 0.286 e. The molecule has 4 N–H and O–H groups in total. The van der Waals surface area contributed by atoms with E-state index in [1.165, 1.54) is 23.2 Å². The van der Waals surface area contributed by atoms with Crippen molar-refractivity contribution in [1.29, 1.82) is 0 Å². The molecule has 1 saturated heterocycles. The van der Waals surface area contributed by atoms with E-state index in [9.17, 15) is 29.1 Å².